The van der Waals surface area contributed by atoms with Crippen molar-refractivity contribution in [2.24, 2.45) is 0 Å². The molecule has 0 saturated heterocycles. The highest BCUT2D eigenvalue weighted by Gasteiger charge is 2.01. The fourth-order valence-electron chi connectivity index (χ4n) is 1.25. The smallest absolute Gasteiger partial charge is 0.211 e. The van der Waals surface area contributed by atoms with Gasteiger partial charge in [-0.05, 0) is 23.3 Å². The average Bonchev–Trinajstić information content (AvgIpc) is 2.39. The standard InChI is InChI=1S/C14H15BrOS2/c1-3-11-5-6-12(13(15)9-11)10-17-7-8-18-14(16)4-2/h3-6,9H,1-2,7-8,10H2. The first-order valence-electron chi connectivity index (χ1n) is 5.45. The minimum Gasteiger partial charge on any atom is -0.282 e. The molecule has 0 N–H and O–H groups in total. The van der Waals surface area contributed by atoms with Crippen LogP contribution in [0.15, 0.2) is 41.9 Å². The quantitative estimate of drug-likeness (QED) is 0.524. The van der Waals surface area contributed by atoms with Crippen molar-refractivity contribution in [2.75, 3.05) is 11.5 Å². The van der Waals surface area contributed by atoms with E-state index in [9.17, 15) is 4.79 Å². The average molecular weight is 343 g/mol. The Morgan fingerprint density at radius 2 is 2.11 bits per heavy atom. The van der Waals surface area contributed by atoms with E-state index in [1.165, 1.54) is 23.4 Å². The SMILES string of the molecule is C=CC(=O)SCCSCc1ccc(C=C)cc1Br. The van der Waals surface area contributed by atoms with Crippen molar-refractivity contribution in [2.45, 2.75) is 5.75 Å². The molecule has 18 heavy (non-hydrogen) atoms. The van der Waals surface area contributed by atoms with Crippen molar-refractivity contribution < 1.29 is 4.79 Å². The van der Waals surface area contributed by atoms with Crippen molar-refractivity contribution in [3.05, 3.63) is 53.0 Å². The van der Waals surface area contributed by atoms with Crippen LogP contribution >= 0.6 is 39.5 Å². The first kappa shape index (κ1) is 15.6. The fourth-order valence-corrected chi connectivity index (χ4v) is 3.71. The van der Waals surface area contributed by atoms with Crippen LogP contribution < -0.4 is 0 Å². The van der Waals surface area contributed by atoms with Crippen molar-refractivity contribution >= 4 is 50.6 Å². The lowest BCUT2D eigenvalue weighted by Gasteiger charge is -2.05. The summed E-state index contributed by atoms with van der Waals surface area (Å²) in [6.07, 6.45) is 3.19. The van der Waals surface area contributed by atoms with E-state index >= 15 is 0 Å². The summed E-state index contributed by atoms with van der Waals surface area (Å²) < 4.78 is 1.11. The molecule has 0 aliphatic rings. The molecule has 0 amide bonds. The number of carbonyl (C=O) groups is 1. The summed E-state index contributed by atoms with van der Waals surface area (Å²) in [4.78, 5) is 11.0. The van der Waals surface area contributed by atoms with Gasteiger partial charge in [0.25, 0.3) is 0 Å². The maximum Gasteiger partial charge on any atom is 0.211 e. The molecule has 0 unspecified atom stereocenters. The van der Waals surface area contributed by atoms with E-state index in [1.54, 1.807) is 0 Å². The Balaban J connectivity index is 2.33. The molecule has 0 aliphatic heterocycles. The number of rotatable bonds is 7. The van der Waals surface area contributed by atoms with Crippen molar-refractivity contribution in [1.82, 2.24) is 0 Å². The van der Waals surface area contributed by atoms with Gasteiger partial charge >= 0.3 is 0 Å². The van der Waals surface area contributed by atoms with E-state index < -0.39 is 0 Å². The summed E-state index contributed by atoms with van der Waals surface area (Å²) >= 11 is 6.70. The van der Waals surface area contributed by atoms with Crippen LogP contribution in [0.3, 0.4) is 0 Å². The van der Waals surface area contributed by atoms with E-state index in [0.717, 1.165) is 27.3 Å². The second-order valence-electron chi connectivity index (χ2n) is 3.48. The monoisotopic (exact) mass is 342 g/mol. The summed E-state index contributed by atoms with van der Waals surface area (Å²) in [6, 6.07) is 6.23. The number of hydrogen-bond acceptors (Lipinski definition) is 3. The van der Waals surface area contributed by atoms with Crippen LogP contribution in [0.4, 0.5) is 0 Å². The van der Waals surface area contributed by atoms with Crippen molar-refractivity contribution in [3.8, 4) is 0 Å². The molecule has 1 rings (SSSR count). The molecule has 0 atom stereocenters. The van der Waals surface area contributed by atoms with Crippen LogP contribution in [0, 0.1) is 0 Å². The van der Waals surface area contributed by atoms with E-state index in [0.29, 0.717) is 0 Å². The molecule has 1 nitrogen and oxygen atoms in total. The second kappa shape index (κ2) is 8.62. The second-order valence-corrected chi connectivity index (χ2v) is 6.54. The predicted octanol–water partition coefficient (Wildman–Crippen LogP) is 4.77. The van der Waals surface area contributed by atoms with Gasteiger partial charge < -0.3 is 0 Å². The molecule has 0 radical (unpaired) electrons. The molecule has 0 spiro atoms. The third kappa shape index (κ3) is 5.46. The van der Waals surface area contributed by atoms with Crippen molar-refractivity contribution in [3.63, 3.8) is 0 Å². The molecule has 0 heterocycles. The van der Waals surface area contributed by atoms with Crippen LogP contribution in [0.5, 0.6) is 0 Å². The summed E-state index contributed by atoms with van der Waals surface area (Å²) in [5.41, 5.74) is 2.38. The maximum atomic E-state index is 11.0. The lowest BCUT2D eigenvalue weighted by Crippen LogP contribution is -1.92. The van der Waals surface area contributed by atoms with Gasteiger partial charge in [0, 0.05) is 21.7 Å². The Kier molecular flexibility index (Phi) is 7.47. The Hall–Kier alpha value is -0.450. The molecule has 0 aromatic heterocycles. The number of halogens is 1. The molecule has 1 aromatic rings. The summed E-state index contributed by atoms with van der Waals surface area (Å²) in [5, 5.41) is 0.0483. The maximum absolute atomic E-state index is 11.0. The summed E-state index contributed by atoms with van der Waals surface area (Å²) in [7, 11) is 0. The predicted molar refractivity (Wildman–Crippen MR) is 88.1 cm³/mol. The normalized spacial score (nSPS) is 10.1. The number of benzene rings is 1. The van der Waals surface area contributed by atoms with Crippen LogP contribution in [-0.2, 0) is 10.5 Å². The summed E-state index contributed by atoms with van der Waals surface area (Å²) in [6.45, 7) is 7.19. The van der Waals surface area contributed by atoms with Crippen LogP contribution in [0.2, 0.25) is 0 Å². The third-order valence-corrected chi connectivity index (χ3v) is 5.07. The van der Waals surface area contributed by atoms with Gasteiger partial charge in [0.1, 0.15) is 0 Å². The number of hydrogen-bond donors (Lipinski definition) is 0. The van der Waals surface area contributed by atoms with E-state index in [4.69, 9.17) is 0 Å². The van der Waals surface area contributed by atoms with E-state index in [1.807, 2.05) is 17.8 Å². The molecule has 0 saturated carbocycles. The minimum atomic E-state index is 0.0483. The largest absolute Gasteiger partial charge is 0.282 e. The van der Waals surface area contributed by atoms with E-state index in [2.05, 4.69) is 47.3 Å². The molecular formula is C14H15BrOS2. The Labute approximate surface area is 125 Å². The van der Waals surface area contributed by atoms with Gasteiger partial charge in [0.05, 0.1) is 0 Å². The molecular weight excluding hydrogens is 328 g/mol. The highest BCUT2D eigenvalue weighted by molar-refractivity contribution is 9.10. The highest BCUT2D eigenvalue weighted by atomic mass is 79.9. The van der Waals surface area contributed by atoms with Gasteiger partial charge in [-0.2, -0.15) is 11.8 Å². The molecule has 4 heteroatoms. The lowest BCUT2D eigenvalue weighted by molar-refractivity contribution is -0.107. The van der Waals surface area contributed by atoms with Gasteiger partial charge in [-0.25, -0.2) is 0 Å². The third-order valence-electron chi connectivity index (χ3n) is 2.21. The first-order chi connectivity index (χ1) is 8.67. The zero-order chi connectivity index (χ0) is 13.4. The highest BCUT2D eigenvalue weighted by Crippen LogP contribution is 2.24. The van der Waals surface area contributed by atoms with Gasteiger partial charge in [0.2, 0.25) is 5.12 Å². The van der Waals surface area contributed by atoms with Crippen LogP contribution in [0.1, 0.15) is 11.1 Å². The molecule has 0 bridgehead atoms. The molecule has 1 aromatic carbocycles. The minimum absolute atomic E-state index is 0.0483. The van der Waals surface area contributed by atoms with Crippen LogP contribution in [-0.4, -0.2) is 16.6 Å². The van der Waals surface area contributed by atoms with Gasteiger partial charge in [-0.3, -0.25) is 4.79 Å². The van der Waals surface area contributed by atoms with Gasteiger partial charge in [-0.1, -0.05) is 59.1 Å². The molecule has 0 fully saturated rings. The number of carbonyl (C=O) groups excluding carboxylic acids is 1. The zero-order valence-electron chi connectivity index (χ0n) is 10.0. The Morgan fingerprint density at radius 1 is 1.33 bits per heavy atom. The van der Waals surface area contributed by atoms with Gasteiger partial charge in [-0.15, -0.1) is 0 Å². The lowest BCUT2D eigenvalue weighted by atomic mass is 10.1. The summed E-state index contributed by atoms with van der Waals surface area (Å²) in [5.74, 6) is 2.73. The fraction of sp³-hybridized carbons (Fsp3) is 0.214. The first-order valence-corrected chi connectivity index (χ1v) is 8.38. The van der Waals surface area contributed by atoms with E-state index in [-0.39, 0.29) is 5.12 Å². The molecule has 96 valence electrons. The van der Waals surface area contributed by atoms with Crippen molar-refractivity contribution in [1.29, 1.82) is 0 Å². The zero-order valence-corrected chi connectivity index (χ0v) is 13.2. The molecule has 0 aliphatic carbocycles. The van der Waals surface area contributed by atoms with Crippen LogP contribution in [0.25, 0.3) is 6.08 Å². The Morgan fingerprint density at radius 3 is 2.72 bits per heavy atom. The number of thioether (sulfide) groups is 2. The topological polar surface area (TPSA) is 17.1 Å². The Bertz CT molecular complexity index is 443. The van der Waals surface area contributed by atoms with Gasteiger partial charge in [0.15, 0.2) is 0 Å².